The molecule has 2 N–H and O–H groups in total. The summed E-state index contributed by atoms with van der Waals surface area (Å²) in [5.74, 6) is 0. The summed E-state index contributed by atoms with van der Waals surface area (Å²) in [6.07, 6.45) is 2.14. The average Bonchev–Trinajstić information content (AvgIpc) is 2.85. The zero-order valence-corrected chi connectivity index (χ0v) is 7.99. The number of nitrogen functional groups attached to an aromatic ring is 1. The highest BCUT2D eigenvalue weighted by molar-refractivity contribution is 5.57. The van der Waals surface area contributed by atoms with Crippen LogP contribution in [0.4, 0.5) is 11.4 Å². The van der Waals surface area contributed by atoms with Crippen LogP contribution in [-0.4, -0.2) is 4.92 Å². The van der Waals surface area contributed by atoms with Crippen molar-refractivity contribution in [3.05, 3.63) is 33.9 Å². The Morgan fingerprint density at radius 2 is 2.14 bits per heavy atom. The lowest BCUT2D eigenvalue weighted by molar-refractivity contribution is -0.384. The van der Waals surface area contributed by atoms with Crippen LogP contribution in [0.5, 0.6) is 0 Å². The first kappa shape index (κ1) is 8.99. The second kappa shape index (κ2) is 2.70. The predicted molar refractivity (Wildman–Crippen MR) is 54.1 cm³/mol. The van der Waals surface area contributed by atoms with Crippen LogP contribution < -0.4 is 5.73 Å². The Morgan fingerprint density at radius 1 is 1.50 bits per heavy atom. The van der Waals surface area contributed by atoms with Crippen molar-refractivity contribution in [2.75, 3.05) is 5.73 Å². The molecule has 1 saturated carbocycles. The lowest BCUT2D eigenvalue weighted by Gasteiger charge is -2.11. The van der Waals surface area contributed by atoms with Crippen molar-refractivity contribution in [3.63, 3.8) is 0 Å². The van der Waals surface area contributed by atoms with Crippen LogP contribution in [0.1, 0.15) is 25.3 Å². The third-order valence-electron chi connectivity index (χ3n) is 2.90. The molecule has 2 rings (SSSR count). The average molecular weight is 192 g/mol. The molecule has 1 aromatic rings. The molecule has 0 unspecified atom stereocenters. The van der Waals surface area contributed by atoms with Crippen molar-refractivity contribution < 1.29 is 4.92 Å². The molecule has 0 bridgehead atoms. The van der Waals surface area contributed by atoms with E-state index in [1.807, 2.05) is 0 Å². The van der Waals surface area contributed by atoms with Gasteiger partial charge in [0.25, 0.3) is 5.69 Å². The van der Waals surface area contributed by atoms with Crippen molar-refractivity contribution in [3.8, 4) is 0 Å². The first-order chi connectivity index (χ1) is 6.53. The van der Waals surface area contributed by atoms with Crippen LogP contribution in [0.2, 0.25) is 0 Å². The van der Waals surface area contributed by atoms with Crippen LogP contribution in [0.25, 0.3) is 0 Å². The molecule has 1 aliphatic rings. The largest absolute Gasteiger partial charge is 0.398 e. The minimum Gasteiger partial charge on any atom is -0.398 e. The minimum absolute atomic E-state index is 0.0795. The Kier molecular flexibility index (Phi) is 1.74. The Labute approximate surface area is 81.9 Å². The zero-order valence-electron chi connectivity index (χ0n) is 7.99. The number of nitro benzene ring substituents is 1. The highest BCUT2D eigenvalue weighted by Crippen LogP contribution is 2.50. The lowest BCUT2D eigenvalue weighted by atomic mass is 9.96. The van der Waals surface area contributed by atoms with Gasteiger partial charge in [0.05, 0.1) is 4.92 Å². The number of rotatable bonds is 2. The Hall–Kier alpha value is -1.58. The Balaban J connectivity index is 2.48. The summed E-state index contributed by atoms with van der Waals surface area (Å²) >= 11 is 0. The second-order valence-electron chi connectivity index (χ2n) is 4.09. The smallest absolute Gasteiger partial charge is 0.269 e. The lowest BCUT2D eigenvalue weighted by Crippen LogP contribution is -2.05. The standard InChI is InChI=1S/C10H12N2O2/c1-10(4-5-10)8-6-7(12(13)14)2-3-9(8)11/h2-3,6H,4-5,11H2,1H3. The number of hydrogen-bond donors (Lipinski definition) is 1. The molecule has 0 spiro atoms. The number of hydrogen-bond acceptors (Lipinski definition) is 3. The van der Waals surface area contributed by atoms with Gasteiger partial charge in [-0.2, -0.15) is 0 Å². The van der Waals surface area contributed by atoms with Crippen molar-refractivity contribution in [2.45, 2.75) is 25.2 Å². The van der Waals surface area contributed by atoms with Crippen LogP contribution in [0, 0.1) is 10.1 Å². The summed E-state index contributed by atoms with van der Waals surface area (Å²) < 4.78 is 0. The molecule has 74 valence electrons. The molecule has 0 aromatic heterocycles. The van der Waals surface area contributed by atoms with Crippen molar-refractivity contribution in [1.29, 1.82) is 0 Å². The topological polar surface area (TPSA) is 69.2 Å². The van der Waals surface area contributed by atoms with Gasteiger partial charge in [-0.3, -0.25) is 10.1 Å². The fourth-order valence-electron chi connectivity index (χ4n) is 1.64. The molecule has 0 heterocycles. The van der Waals surface area contributed by atoms with E-state index in [9.17, 15) is 10.1 Å². The van der Waals surface area contributed by atoms with E-state index in [4.69, 9.17) is 5.73 Å². The molecule has 4 nitrogen and oxygen atoms in total. The first-order valence-electron chi connectivity index (χ1n) is 4.57. The third kappa shape index (κ3) is 1.32. The van der Waals surface area contributed by atoms with Gasteiger partial charge < -0.3 is 5.73 Å². The Morgan fingerprint density at radius 3 is 2.64 bits per heavy atom. The van der Waals surface area contributed by atoms with Gasteiger partial charge in [-0.15, -0.1) is 0 Å². The number of non-ortho nitro benzene ring substituents is 1. The molecular formula is C10H12N2O2. The number of nitro groups is 1. The van der Waals surface area contributed by atoms with Crippen molar-refractivity contribution in [1.82, 2.24) is 0 Å². The van der Waals surface area contributed by atoms with E-state index in [1.165, 1.54) is 6.07 Å². The summed E-state index contributed by atoms with van der Waals surface area (Å²) in [4.78, 5) is 10.2. The highest BCUT2D eigenvalue weighted by atomic mass is 16.6. The van der Waals surface area contributed by atoms with Gasteiger partial charge in [0.2, 0.25) is 0 Å². The maximum absolute atomic E-state index is 10.6. The van der Waals surface area contributed by atoms with Gasteiger partial charge in [-0.25, -0.2) is 0 Å². The molecular weight excluding hydrogens is 180 g/mol. The van der Waals surface area contributed by atoms with Gasteiger partial charge in [0.15, 0.2) is 0 Å². The fourth-order valence-corrected chi connectivity index (χ4v) is 1.64. The fraction of sp³-hybridized carbons (Fsp3) is 0.400. The summed E-state index contributed by atoms with van der Waals surface area (Å²) in [5, 5.41) is 10.6. The van der Waals surface area contributed by atoms with Crippen LogP contribution >= 0.6 is 0 Å². The number of nitrogens with two attached hydrogens (primary N) is 1. The molecule has 1 fully saturated rings. The summed E-state index contributed by atoms with van der Waals surface area (Å²) in [6.45, 7) is 2.09. The molecule has 0 radical (unpaired) electrons. The van der Waals surface area contributed by atoms with Gasteiger partial charge in [0.1, 0.15) is 0 Å². The first-order valence-corrected chi connectivity index (χ1v) is 4.57. The van der Waals surface area contributed by atoms with E-state index in [0.717, 1.165) is 18.4 Å². The number of anilines is 1. The molecule has 14 heavy (non-hydrogen) atoms. The van der Waals surface area contributed by atoms with E-state index in [2.05, 4.69) is 6.92 Å². The van der Waals surface area contributed by atoms with Crippen molar-refractivity contribution >= 4 is 11.4 Å². The van der Waals surface area contributed by atoms with E-state index in [0.29, 0.717) is 5.69 Å². The van der Waals surface area contributed by atoms with E-state index in [1.54, 1.807) is 12.1 Å². The van der Waals surface area contributed by atoms with Gasteiger partial charge in [-0.05, 0) is 29.9 Å². The van der Waals surface area contributed by atoms with Gasteiger partial charge in [0, 0.05) is 17.8 Å². The second-order valence-corrected chi connectivity index (χ2v) is 4.09. The van der Waals surface area contributed by atoms with E-state index in [-0.39, 0.29) is 16.0 Å². The number of nitrogens with zero attached hydrogens (tertiary/aromatic N) is 1. The van der Waals surface area contributed by atoms with Crippen molar-refractivity contribution in [2.24, 2.45) is 0 Å². The predicted octanol–water partition coefficient (Wildman–Crippen LogP) is 2.23. The minimum atomic E-state index is -0.380. The van der Waals surface area contributed by atoms with Crippen LogP contribution in [0.3, 0.4) is 0 Å². The van der Waals surface area contributed by atoms with Crippen LogP contribution in [-0.2, 0) is 5.41 Å². The van der Waals surface area contributed by atoms with Crippen LogP contribution in [0.15, 0.2) is 18.2 Å². The molecule has 0 aliphatic heterocycles. The summed E-state index contributed by atoms with van der Waals surface area (Å²) in [5.41, 5.74) is 7.59. The normalized spacial score (nSPS) is 17.8. The summed E-state index contributed by atoms with van der Waals surface area (Å²) in [7, 11) is 0. The molecule has 0 amide bonds. The zero-order chi connectivity index (χ0) is 10.3. The van der Waals surface area contributed by atoms with Gasteiger partial charge in [-0.1, -0.05) is 6.92 Å². The Bertz CT molecular complexity index is 397. The molecule has 0 saturated heterocycles. The maximum Gasteiger partial charge on any atom is 0.269 e. The molecule has 1 aliphatic carbocycles. The molecule has 4 heteroatoms. The molecule has 0 atom stereocenters. The quantitative estimate of drug-likeness (QED) is 0.443. The van der Waals surface area contributed by atoms with Gasteiger partial charge >= 0.3 is 0 Å². The number of benzene rings is 1. The summed E-state index contributed by atoms with van der Waals surface area (Å²) in [6, 6.07) is 4.67. The SMILES string of the molecule is CC1(c2cc([N+](=O)[O-])ccc2N)CC1. The monoisotopic (exact) mass is 192 g/mol. The highest BCUT2D eigenvalue weighted by Gasteiger charge is 2.41. The third-order valence-corrected chi connectivity index (χ3v) is 2.90. The maximum atomic E-state index is 10.6. The van der Waals surface area contributed by atoms with E-state index < -0.39 is 0 Å². The van der Waals surface area contributed by atoms with E-state index >= 15 is 0 Å². The molecule has 1 aromatic carbocycles.